The Hall–Kier alpha value is -1.92. The molecule has 0 aliphatic carbocycles. The van der Waals surface area contributed by atoms with Gasteiger partial charge >= 0.3 is 0 Å². The lowest BCUT2D eigenvalue weighted by Crippen LogP contribution is -2.49. The molecule has 1 aliphatic rings. The van der Waals surface area contributed by atoms with Crippen molar-refractivity contribution in [2.24, 2.45) is 0 Å². The number of halogens is 1. The summed E-state index contributed by atoms with van der Waals surface area (Å²) in [5.74, 6) is -1.45. The van der Waals surface area contributed by atoms with Crippen LogP contribution >= 0.6 is 23.4 Å². The van der Waals surface area contributed by atoms with E-state index in [0.717, 1.165) is 5.56 Å². The first-order valence-electron chi connectivity index (χ1n) is 6.51. The van der Waals surface area contributed by atoms with E-state index in [1.807, 2.05) is 0 Å². The van der Waals surface area contributed by atoms with Gasteiger partial charge in [0, 0.05) is 11.3 Å². The van der Waals surface area contributed by atoms with Crippen molar-refractivity contribution in [1.29, 1.82) is 0 Å². The van der Waals surface area contributed by atoms with Crippen LogP contribution in [0.3, 0.4) is 0 Å². The van der Waals surface area contributed by atoms with Crippen molar-refractivity contribution in [3.63, 3.8) is 0 Å². The second kappa shape index (κ2) is 6.06. The zero-order valence-corrected chi connectivity index (χ0v) is 12.8. The standard InChI is InChI=1S/C15H12ClNO4S/c16-11-4-2-1-3-10(11)13(18)17-12(15(19)20)8-22-14(17)9-5-6-21-7-9/h1-7,12,14H,8H2,(H,19,20)/p-1/t12-,14-/m0/s1. The van der Waals surface area contributed by atoms with Gasteiger partial charge in [-0.1, -0.05) is 23.7 Å². The molecule has 2 heterocycles. The molecule has 22 heavy (non-hydrogen) atoms. The third-order valence-corrected chi connectivity index (χ3v) is 5.09. The maximum atomic E-state index is 12.8. The first kappa shape index (κ1) is 15.0. The topological polar surface area (TPSA) is 73.6 Å². The van der Waals surface area contributed by atoms with Crippen LogP contribution in [0.1, 0.15) is 21.3 Å². The molecular weight excluding hydrogens is 326 g/mol. The number of thioether (sulfide) groups is 1. The van der Waals surface area contributed by atoms with Crippen LogP contribution < -0.4 is 5.11 Å². The van der Waals surface area contributed by atoms with E-state index in [0.29, 0.717) is 0 Å². The smallest absolute Gasteiger partial charge is 0.257 e. The van der Waals surface area contributed by atoms with E-state index < -0.39 is 23.3 Å². The Morgan fingerprint density at radius 1 is 1.32 bits per heavy atom. The van der Waals surface area contributed by atoms with Gasteiger partial charge in [-0.05, 0) is 18.2 Å². The van der Waals surface area contributed by atoms with Crippen molar-refractivity contribution < 1.29 is 19.1 Å². The van der Waals surface area contributed by atoms with E-state index in [1.54, 1.807) is 30.3 Å². The van der Waals surface area contributed by atoms with E-state index in [2.05, 4.69) is 0 Å². The van der Waals surface area contributed by atoms with E-state index in [4.69, 9.17) is 16.0 Å². The van der Waals surface area contributed by atoms with Crippen molar-refractivity contribution in [2.75, 3.05) is 5.75 Å². The lowest BCUT2D eigenvalue weighted by molar-refractivity contribution is -0.310. The number of amides is 1. The number of carbonyl (C=O) groups excluding carboxylic acids is 2. The van der Waals surface area contributed by atoms with E-state index >= 15 is 0 Å². The number of benzene rings is 1. The number of rotatable bonds is 3. The summed E-state index contributed by atoms with van der Waals surface area (Å²) in [4.78, 5) is 25.5. The zero-order valence-electron chi connectivity index (χ0n) is 11.3. The minimum absolute atomic E-state index is 0.258. The molecule has 0 saturated carbocycles. The Morgan fingerprint density at radius 3 is 2.73 bits per heavy atom. The average Bonchev–Trinajstić information content (AvgIpc) is 3.15. The summed E-state index contributed by atoms with van der Waals surface area (Å²) in [5, 5.41) is 11.2. The molecule has 1 amide bonds. The first-order chi connectivity index (χ1) is 10.6. The van der Waals surface area contributed by atoms with Gasteiger partial charge in [0.15, 0.2) is 0 Å². The van der Waals surface area contributed by atoms with Crippen LogP contribution in [0.5, 0.6) is 0 Å². The second-order valence-corrected chi connectivity index (χ2v) is 6.29. The molecule has 7 heteroatoms. The molecule has 1 aliphatic heterocycles. The molecule has 1 saturated heterocycles. The summed E-state index contributed by atoms with van der Waals surface area (Å²) in [5.41, 5.74) is 1.00. The Morgan fingerprint density at radius 2 is 2.09 bits per heavy atom. The molecule has 5 nitrogen and oxygen atoms in total. The normalized spacial score (nSPS) is 21.0. The number of nitrogens with zero attached hydrogens (tertiary/aromatic N) is 1. The number of carbonyl (C=O) groups is 2. The maximum Gasteiger partial charge on any atom is 0.257 e. The van der Waals surface area contributed by atoms with Crippen molar-refractivity contribution in [3.05, 3.63) is 59.0 Å². The van der Waals surface area contributed by atoms with Crippen LogP contribution in [0, 0.1) is 0 Å². The fourth-order valence-corrected chi connectivity index (χ4v) is 3.99. The van der Waals surface area contributed by atoms with Gasteiger partial charge in [-0.2, -0.15) is 0 Å². The van der Waals surface area contributed by atoms with Gasteiger partial charge in [-0.3, -0.25) is 4.79 Å². The van der Waals surface area contributed by atoms with E-state index in [9.17, 15) is 14.7 Å². The van der Waals surface area contributed by atoms with Crippen molar-refractivity contribution in [2.45, 2.75) is 11.4 Å². The van der Waals surface area contributed by atoms with Gasteiger partial charge in [0.1, 0.15) is 5.37 Å². The third-order valence-electron chi connectivity index (χ3n) is 3.44. The van der Waals surface area contributed by atoms with Crippen LogP contribution in [-0.2, 0) is 4.79 Å². The molecule has 2 atom stereocenters. The molecule has 1 aromatic carbocycles. The molecule has 0 unspecified atom stereocenters. The molecule has 0 spiro atoms. The molecule has 2 aromatic rings. The molecule has 0 radical (unpaired) electrons. The summed E-state index contributed by atoms with van der Waals surface area (Å²) in [7, 11) is 0. The van der Waals surface area contributed by atoms with Gasteiger partial charge in [0.25, 0.3) is 5.91 Å². The number of hydrogen-bond acceptors (Lipinski definition) is 5. The Balaban J connectivity index is 2.00. The SMILES string of the molecule is O=C([O-])[C@@H]1CS[C@@H](c2ccoc2)N1C(=O)c1ccccc1Cl. The zero-order chi connectivity index (χ0) is 15.7. The van der Waals surface area contributed by atoms with Crippen molar-refractivity contribution in [1.82, 2.24) is 4.90 Å². The summed E-state index contributed by atoms with van der Waals surface area (Å²) in [6.45, 7) is 0. The van der Waals surface area contributed by atoms with Crippen LogP contribution in [0.25, 0.3) is 0 Å². The average molecular weight is 337 g/mol. The van der Waals surface area contributed by atoms with E-state index in [1.165, 1.54) is 29.2 Å². The highest BCUT2D eigenvalue weighted by molar-refractivity contribution is 7.99. The number of furan rings is 1. The molecule has 0 N–H and O–H groups in total. The monoisotopic (exact) mass is 336 g/mol. The fourth-order valence-electron chi connectivity index (χ4n) is 2.38. The summed E-state index contributed by atoms with van der Waals surface area (Å²) in [6.07, 6.45) is 2.99. The molecular formula is C15H11ClNO4S-. The molecule has 3 rings (SSSR count). The Kier molecular flexibility index (Phi) is 4.13. The lowest BCUT2D eigenvalue weighted by Gasteiger charge is -2.29. The van der Waals surface area contributed by atoms with Gasteiger partial charge in [0.05, 0.1) is 35.1 Å². The Bertz CT molecular complexity index is 703. The molecule has 114 valence electrons. The van der Waals surface area contributed by atoms with Gasteiger partial charge in [-0.25, -0.2) is 0 Å². The summed E-state index contributed by atoms with van der Waals surface area (Å²) in [6, 6.07) is 7.27. The van der Waals surface area contributed by atoms with Gasteiger partial charge < -0.3 is 19.2 Å². The minimum atomic E-state index is -1.28. The molecule has 0 bridgehead atoms. The summed E-state index contributed by atoms with van der Waals surface area (Å²) < 4.78 is 5.04. The summed E-state index contributed by atoms with van der Waals surface area (Å²) >= 11 is 7.42. The largest absolute Gasteiger partial charge is 0.548 e. The van der Waals surface area contributed by atoms with E-state index in [-0.39, 0.29) is 16.3 Å². The molecule has 1 aromatic heterocycles. The van der Waals surface area contributed by atoms with Crippen molar-refractivity contribution in [3.8, 4) is 0 Å². The second-order valence-electron chi connectivity index (χ2n) is 4.77. The third kappa shape index (κ3) is 2.60. The number of hydrogen-bond donors (Lipinski definition) is 0. The highest BCUT2D eigenvalue weighted by Crippen LogP contribution is 2.42. The van der Waals surface area contributed by atoms with Crippen LogP contribution in [0.15, 0.2) is 47.3 Å². The van der Waals surface area contributed by atoms with Crippen LogP contribution in [-0.4, -0.2) is 28.6 Å². The number of carboxylic acids is 1. The van der Waals surface area contributed by atoms with Crippen LogP contribution in [0.2, 0.25) is 5.02 Å². The maximum absolute atomic E-state index is 12.8. The van der Waals surface area contributed by atoms with Gasteiger partial charge in [-0.15, -0.1) is 11.8 Å². The predicted octanol–water partition coefficient (Wildman–Crippen LogP) is 1.94. The Labute approximate surface area is 135 Å². The highest BCUT2D eigenvalue weighted by Gasteiger charge is 2.40. The predicted molar refractivity (Wildman–Crippen MR) is 80.3 cm³/mol. The fraction of sp³-hybridized carbons (Fsp3) is 0.200. The first-order valence-corrected chi connectivity index (χ1v) is 7.94. The minimum Gasteiger partial charge on any atom is -0.548 e. The molecule has 1 fully saturated rings. The lowest BCUT2D eigenvalue weighted by atomic mass is 10.1. The highest BCUT2D eigenvalue weighted by atomic mass is 35.5. The van der Waals surface area contributed by atoms with Crippen LogP contribution in [0.4, 0.5) is 0 Å². The van der Waals surface area contributed by atoms with Gasteiger partial charge in [0.2, 0.25) is 0 Å². The number of carboxylic acid groups (broad SMARTS) is 1. The quantitative estimate of drug-likeness (QED) is 0.856. The van der Waals surface area contributed by atoms with Crippen molar-refractivity contribution >= 4 is 35.2 Å². The number of aliphatic carboxylic acids is 1.